The van der Waals surface area contributed by atoms with Crippen LogP contribution in [0.1, 0.15) is 0 Å². The number of carboxylic acid groups (broad SMARTS) is 1. The van der Waals surface area contributed by atoms with Gasteiger partial charge in [-0.1, -0.05) is 12.7 Å². The van der Waals surface area contributed by atoms with E-state index in [1.807, 2.05) is 0 Å². The van der Waals surface area contributed by atoms with Gasteiger partial charge in [0.05, 0.1) is 12.1 Å². The van der Waals surface area contributed by atoms with Gasteiger partial charge in [-0.3, -0.25) is 4.79 Å². The van der Waals surface area contributed by atoms with E-state index >= 15 is 0 Å². The summed E-state index contributed by atoms with van der Waals surface area (Å²) >= 11 is 0. The number of hydrogen-bond acceptors (Lipinski definition) is 3. The van der Waals surface area contributed by atoms with Crippen molar-refractivity contribution in [3.05, 3.63) is 36.6 Å². The van der Waals surface area contributed by atoms with Crippen molar-refractivity contribution in [1.82, 2.24) is 5.32 Å². The second-order valence-corrected chi connectivity index (χ2v) is 2.34. The highest BCUT2D eigenvalue weighted by molar-refractivity contribution is 5.89. The molecule has 0 aromatic rings. The molecule has 0 aromatic carbocycles. The summed E-state index contributed by atoms with van der Waals surface area (Å²) in [6.07, 6.45) is 5.45. The smallest absolute Gasteiger partial charge is 0.335 e. The number of allylic oxidation sites excluding steroid dienone is 2. The molecule has 0 bridgehead atoms. The highest BCUT2D eigenvalue weighted by atomic mass is 16.4. The number of nitrogens with two attached hydrogens (primary N) is 1. The minimum atomic E-state index is -1.06. The van der Waals surface area contributed by atoms with Crippen LogP contribution < -0.4 is 11.1 Å². The number of carboxylic acids is 1. The van der Waals surface area contributed by atoms with Gasteiger partial charge in [0.1, 0.15) is 0 Å². The molecule has 0 fully saturated rings. The van der Waals surface area contributed by atoms with Gasteiger partial charge in [0, 0.05) is 0 Å². The van der Waals surface area contributed by atoms with Crippen molar-refractivity contribution in [1.29, 1.82) is 0 Å². The number of aliphatic carboxylic acids is 1. The van der Waals surface area contributed by atoms with Crippen LogP contribution in [0.3, 0.4) is 0 Å². The van der Waals surface area contributed by atoms with Crippen molar-refractivity contribution >= 4 is 11.9 Å². The highest BCUT2D eigenvalue weighted by Crippen LogP contribution is 1.95. The fourth-order valence-corrected chi connectivity index (χ4v) is 0.606. The zero-order chi connectivity index (χ0) is 11.0. The molecule has 14 heavy (non-hydrogen) atoms. The number of primary amides is 1. The molecule has 76 valence electrons. The molecular formula is C9H12N2O3. The van der Waals surface area contributed by atoms with E-state index in [0.29, 0.717) is 0 Å². The maximum absolute atomic E-state index is 10.4. The summed E-state index contributed by atoms with van der Waals surface area (Å²) in [5, 5.41) is 11.1. The molecule has 5 heteroatoms. The molecule has 0 aromatic heterocycles. The van der Waals surface area contributed by atoms with Gasteiger partial charge in [0.2, 0.25) is 5.91 Å². The predicted molar refractivity (Wildman–Crippen MR) is 52.3 cm³/mol. The Hall–Kier alpha value is -2.04. The summed E-state index contributed by atoms with van der Waals surface area (Å²) in [5.41, 5.74) is 4.92. The van der Waals surface area contributed by atoms with Gasteiger partial charge in [-0.15, -0.1) is 0 Å². The van der Waals surface area contributed by atoms with Gasteiger partial charge in [-0.05, 0) is 18.4 Å². The Bertz CT molecular complexity index is 292. The summed E-state index contributed by atoms with van der Waals surface area (Å²) in [5.74, 6) is -1.54. The first kappa shape index (κ1) is 12.0. The molecule has 0 aliphatic carbocycles. The average Bonchev–Trinajstić information content (AvgIpc) is 2.10. The molecule has 0 saturated carbocycles. The van der Waals surface area contributed by atoms with Crippen LogP contribution in [0.25, 0.3) is 0 Å². The third-order valence-electron chi connectivity index (χ3n) is 1.23. The molecule has 0 saturated heterocycles. The summed E-state index contributed by atoms with van der Waals surface area (Å²) in [6, 6.07) is 0. The van der Waals surface area contributed by atoms with Crippen LogP contribution in [0.2, 0.25) is 0 Å². The van der Waals surface area contributed by atoms with E-state index in [0.717, 1.165) is 0 Å². The lowest BCUT2D eigenvalue weighted by molar-refractivity contribution is -0.132. The summed E-state index contributed by atoms with van der Waals surface area (Å²) in [7, 11) is 0. The summed E-state index contributed by atoms with van der Waals surface area (Å²) < 4.78 is 0. The van der Waals surface area contributed by atoms with Gasteiger partial charge in [0.25, 0.3) is 0 Å². The first-order valence-electron chi connectivity index (χ1n) is 3.82. The normalized spacial score (nSPS) is 11.3. The lowest BCUT2D eigenvalue weighted by Crippen LogP contribution is -2.24. The monoisotopic (exact) mass is 196 g/mol. The highest BCUT2D eigenvalue weighted by Gasteiger charge is 1.98. The van der Waals surface area contributed by atoms with Gasteiger partial charge in [0.15, 0.2) is 0 Å². The number of amides is 1. The van der Waals surface area contributed by atoms with Crippen LogP contribution in [-0.2, 0) is 9.59 Å². The van der Waals surface area contributed by atoms with Gasteiger partial charge >= 0.3 is 5.97 Å². The Kier molecular flexibility index (Phi) is 5.53. The Labute approximate surface area is 81.6 Å². The number of rotatable bonds is 6. The van der Waals surface area contributed by atoms with Gasteiger partial charge < -0.3 is 16.2 Å². The molecular weight excluding hydrogens is 184 g/mol. The minimum absolute atomic E-state index is 0.0147. The van der Waals surface area contributed by atoms with E-state index in [2.05, 4.69) is 11.9 Å². The quantitative estimate of drug-likeness (QED) is 0.404. The maximum Gasteiger partial charge on any atom is 0.335 e. The third-order valence-corrected chi connectivity index (χ3v) is 1.23. The van der Waals surface area contributed by atoms with Crippen molar-refractivity contribution in [2.24, 2.45) is 5.73 Å². The van der Waals surface area contributed by atoms with E-state index in [4.69, 9.17) is 10.8 Å². The molecule has 1 amide bonds. The second-order valence-electron chi connectivity index (χ2n) is 2.34. The van der Waals surface area contributed by atoms with E-state index in [9.17, 15) is 9.59 Å². The maximum atomic E-state index is 10.4. The Morgan fingerprint density at radius 2 is 2.14 bits per heavy atom. The zero-order valence-electron chi connectivity index (χ0n) is 7.56. The lowest BCUT2D eigenvalue weighted by atomic mass is 10.2. The standard InChI is InChI=1S/C9H12N2O3/c1-2-7(9(13)14)4-3-5-11-6-8(10)12/h2-5,11H,1,6H2,(H2,10,12)(H,13,14)/b5-3-,7-4+. The zero-order valence-corrected chi connectivity index (χ0v) is 7.56. The molecule has 0 heterocycles. The van der Waals surface area contributed by atoms with E-state index < -0.39 is 11.9 Å². The van der Waals surface area contributed by atoms with Gasteiger partial charge in [-0.25, -0.2) is 4.79 Å². The van der Waals surface area contributed by atoms with E-state index in [-0.39, 0.29) is 12.1 Å². The largest absolute Gasteiger partial charge is 0.478 e. The Balaban J connectivity index is 4.05. The Morgan fingerprint density at radius 3 is 2.57 bits per heavy atom. The van der Waals surface area contributed by atoms with Crippen molar-refractivity contribution in [2.75, 3.05) is 6.54 Å². The number of carbonyl (C=O) groups excluding carboxylic acids is 1. The molecule has 0 unspecified atom stereocenters. The molecule has 0 aliphatic rings. The fraction of sp³-hybridized carbons (Fsp3) is 0.111. The summed E-state index contributed by atoms with van der Waals surface area (Å²) in [4.78, 5) is 20.7. The van der Waals surface area contributed by atoms with Crippen molar-refractivity contribution in [3.8, 4) is 0 Å². The van der Waals surface area contributed by atoms with Crippen LogP contribution in [0.4, 0.5) is 0 Å². The minimum Gasteiger partial charge on any atom is -0.478 e. The van der Waals surface area contributed by atoms with Crippen LogP contribution in [0.5, 0.6) is 0 Å². The number of carbonyl (C=O) groups is 2. The molecule has 0 spiro atoms. The average molecular weight is 196 g/mol. The molecule has 0 rings (SSSR count). The van der Waals surface area contributed by atoms with Crippen molar-refractivity contribution in [3.63, 3.8) is 0 Å². The van der Waals surface area contributed by atoms with Crippen LogP contribution in [-0.4, -0.2) is 23.5 Å². The van der Waals surface area contributed by atoms with Crippen molar-refractivity contribution in [2.45, 2.75) is 0 Å². The number of hydrogen-bond donors (Lipinski definition) is 3. The van der Waals surface area contributed by atoms with Crippen LogP contribution >= 0.6 is 0 Å². The SMILES string of the molecule is C=C/C(=C\C=C/NCC(N)=O)C(=O)O. The first-order valence-corrected chi connectivity index (χ1v) is 3.82. The molecule has 0 aliphatic heterocycles. The first-order chi connectivity index (χ1) is 6.57. The second kappa shape index (κ2) is 6.47. The van der Waals surface area contributed by atoms with Gasteiger partial charge in [-0.2, -0.15) is 0 Å². The topological polar surface area (TPSA) is 92.4 Å². The molecule has 0 atom stereocenters. The molecule has 0 radical (unpaired) electrons. The van der Waals surface area contributed by atoms with Crippen LogP contribution in [0.15, 0.2) is 36.6 Å². The molecule has 4 N–H and O–H groups in total. The molecule has 5 nitrogen and oxygen atoms in total. The van der Waals surface area contributed by atoms with Crippen LogP contribution in [0, 0.1) is 0 Å². The fourth-order valence-electron chi connectivity index (χ4n) is 0.606. The number of nitrogens with one attached hydrogen (secondary N) is 1. The van der Waals surface area contributed by atoms with E-state index in [1.165, 1.54) is 24.4 Å². The van der Waals surface area contributed by atoms with E-state index in [1.54, 1.807) is 0 Å². The summed E-state index contributed by atoms with van der Waals surface area (Å²) in [6.45, 7) is 3.35. The Morgan fingerprint density at radius 1 is 1.50 bits per heavy atom. The lowest BCUT2D eigenvalue weighted by Gasteiger charge is -1.93. The van der Waals surface area contributed by atoms with Crippen molar-refractivity contribution < 1.29 is 14.7 Å². The third kappa shape index (κ3) is 5.59. The predicted octanol–water partition coefficient (Wildman–Crippen LogP) is -0.228.